The van der Waals surface area contributed by atoms with Gasteiger partial charge in [-0.15, -0.1) is 0 Å². The molecule has 2 rings (SSSR count). The highest BCUT2D eigenvalue weighted by Gasteiger charge is 2.04. The van der Waals surface area contributed by atoms with Crippen molar-refractivity contribution in [2.45, 2.75) is 0 Å². The third-order valence-corrected chi connectivity index (χ3v) is 1.86. The Balaban J connectivity index is 2.77. The Kier molecular flexibility index (Phi) is 1.59. The van der Waals surface area contributed by atoms with E-state index in [2.05, 4.69) is 5.16 Å². The predicted molar refractivity (Wildman–Crippen MR) is 44.4 cm³/mol. The molecule has 2 aromatic rings. The summed E-state index contributed by atoms with van der Waals surface area (Å²) in [6, 6.07) is 4.97. The highest BCUT2D eigenvalue weighted by atomic mass is 35.5. The number of carbonyl (C=O) groups excluding carboxylic acids is 1. The number of carbonyl (C=O) groups is 1. The van der Waals surface area contributed by atoms with Crippen molar-refractivity contribution in [2.24, 2.45) is 0 Å². The van der Waals surface area contributed by atoms with Crippen LogP contribution >= 0.6 is 11.6 Å². The van der Waals surface area contributed by atoms with E-state index in [9.17, 15) is 4.79 Å². The van der Waals surface area contributed by atoms with Crippen LogP contribution in [0.4, 0.5) is 0 Å². The van der Waals surface area contributed by atoms with Gasteiger partial charge in [-0.3, -0.25) is 4.79 Å². The maximum absolute atomic E-state index is 10.4. The molecule has 4 heteroatoms. The fourth-order valence-corrected chi connectivity index (χ4v) is 1.19. The van der Waals surface area contributed by atoms with E-state index in [0.717, 1.165) is 11.7 Å². The lowest BCUT2D eigenvalue weighted by atomic mass is 10.2. The molecule has 0 N–H and O–H groups in total. The molecule has 0 aliphatic heterocycles. The lowest BCUT2D eigenvalue weighted by molar-refractivity contribution is 0.112. The Hall–Kier alpha value is -1.35. The van der Waals surface area contributed by atoms with Crippen molar-refractivity contribution in [1.29, 1.82) is 0 Å². The molecule has 0 fully saturated rings. The van der Waals surface area contributed by atoms with Gasteiger partial charge in [-0.05, 0) is 12.1 Å². The smallest absolute Gasteiger partial charge is 0.179 e. The van der Waals surface area contributed by atoms with Crippen LogP contribution in [0.2, 0.25) is 5.15 Å². The van der Waals surface area contributed by atoms with E-state index in [1.165, 1.54) is 0 Å². The lowest BCUT2D eigenvalue weighted by Gasteiger charge is -1.87. The summed E-state index contributed by atoms with van der Waals surface area (Å²) in [5.74, 6) is 0. The molecule has 0 radical (unpaired) electrons. The second-order valence-electron chi connectivity index (χ2n) is 2.35. The molecule has 60 valence electrons. The van der Waals surface area contributed by atoms with Crippen molar-refractivity contribution >= 4 is 28.9 Å². The molecule has 1 aromatic heterocycles. The number of hydrogen-bond donors (Lipinski definition) is 0. The first kappa shape index (κ1) is 7.31. The standard InChI is InChI=1S/C8H4ClNO2/c9-8-6-2-1-5(4-11)3-7(6)12-10-8/h1-4H. The number of aldehydes is 1. The van der Waals surface area contributed by atoms with Crippen LogP contribution < -0.4 is 0 Å². The molecule has 0 amide bonds. The predicted octanol–water partition coefficient (Wildman–Crippen LogP) is 2.29. The molecule has 0 spiro atoms. The van der Waals surface area contributed by atoms with Crippen LogP contribution in [-0.4, -0.2) is 11.4 Å². The zero-order chi connectivity index (χ0) is 8.55. The van der Waals surface area contributed by atoms with Gasteiger partial charge in [-0.25, -0.2) is 0 Å². The molecule has 0 saturated carbocycles. The normalized spacial score (nSPS) is 10.4. The summed E-state index contributed by atoms with van der Waals surface area (Å²) in [5, 5.41) is 4.59. The maximum Gasteiger partial charge on any atom is 0.179 e. The van der Waals surface area contributed by atoms with E-state index >= 15 is 0 Å². The highest BCUT2D eigenvalue weighted by Crippen LogP contribution is 2.22. The van der Waals surface area contributed by atoms with Crippen molar-refractivity contribution in [3.05, 3.63) is 28.9 Å². The minimum absolute atomic E-state index is 0.322. The van der Waals surface area contributed by atoms with Crippen molar-refractivity contribution in [2.75, 3.05) is 0 Å². The summed E-state index contributed by atoms with van der Waals surface area (Å²) in [5.41, 5.74) is 1.08. The average Bonchev–Trinajstić information content (AvgIpc) is 2.47. The van der Waals surface area contributed by atoms with Crippen molar-refractivity contribution in [3.63, 3.8) is 0 Å². The molecular weight excluding hydrogens is 178 g/mol. The number of halogens is 1. The fraction of sp³-hybridized carbons (Fsp3) is 0. The molecule has 0 aliphatic carbocycles. The second-order valence-corrected chi connectivity index (χ2v) is 2.70. The van der Waals surface area contributed by atoms with Crippen LogP contribution in [0, 0.1) is 0 Å². The van der Waals surface area contributed by atoms with E-state index in [0.29, 0.717) is 16.3 Å². The Bertz CT molecular complexity index is 436. The van der Waals surface area contributed by atoms with E-state index in [1.807, 2.05) is 0 Å². The van der Waals surface area contributed by atoms with Crippen LogP contribution in [0.25, 0.3) is 11.0 Å². The van der Waals surface area contributed by atoms with Gasteiger partial charge in [0.2, 0.25) is 0 Å². The quantitative estimate of drug-likeness (QED) is 0.634. The number of fused-ring (bicyclic) bond motifs is 1. The molecule has 0 bridgehead atoms. The first-order valence-corrected chi connectivity index (χ1v) is 3.69. The van der Waals surface area contributed by atoms with Crippen LogP contribution in [0.3, 0.4) is 0 Å². The van der Waals surface area contributed by atoms with Gasteiger partial charge in [-0.2, -0.15) is 0 Å². The summed E-state index contributed by atoms with van der Waals surface area (Å²) >= 11 is 5.67. The molecule has 0 unspecified atom stereocenters. The minimum Gasteiger partial charge on any atom is -0.355 e. The SMILES string of the molecule is O=Cc1ccc2c(Cl)noc2c1. The number of hydrogen-bond acceptors (Lipinski definition) is 3. The molecule has 0 atom stereocenters. The molecule has 12 heavy (non-hydrogen) atoms. The van der Waals surface area contributed by atoms with E-state index in [-0.39, 0.29) is 0 Å². The van der Waals surface area contributed by atoms with Gasteiger partial charge < -0.3 is 4.52 Å². The number of benzene rings is 1. The van der Waals surface area contributed by atoms with E-state index in [4.69, 9.17) is 16.1 Å². The van der Waals surface area contributed by atoms with Crippen LogP contribution in [0.5, 0.6) is 0 Å². The molecule has 3 nitrogen and oxygen atoms in total. The van der Waals surface area contributed by atoms with Gasteiger partial charge in [0.15, 0.2) is 10.7 Å². The first-order chi connectivity index (χ1) is 5.81. The van der Waals surface area contributed by atoms with E-state index < -0.39 is 0 Å². The Morgan fingerprint density at radius 3 is 3.08 bits per heavy atom. The van der Waals surface area contributed by atoms with Crippen LogP contribution in [0.1, 0.15) is 10.4 Å². The summed E-state index contributed by atoms with van der Waals surface area (Å²) in [6.07, 6.45) is 0.746. The summed E-state index contributed by atoms with van der Waals surface area (Å²) in [7, 11) is 0. The zero-order valence-corrected chi connectivity index (χ0v) is 6.71. The summed E-state index contributed by atoms with van der Waals surface area (Å²) in [6.45, 7) is 0. The Morgan fingerprint density at radius 2 is 2.33 bits per heavy atom. The number of aromatic nitrogens is 1. The van der Waals surface area contributed by atoms with Crippen LogP contribution in [-0.2, 0) is 0 Å². The van der Waals surface area contributed by atoms with Gasteiger partial charge in [0.05, 0.1) is 5.39 Å². The van der Waals surface area contributed by atoms with E-state index in [1.54, 1.807) is 18.2 Å². The first-order valence-electron chi connectivity index (χ1n) is 3.31. The monoisotopic (exact) mass is 181 g/mol. The average molecular weight is 182 g/mol. The summed E-state index contributed by atoms with van der Waals surface area (Å²) < 4.78 is 4.85. The molecule has 0 aliphatic rings. The van der Waals surface area contributed by atoms with Crippen molar-refractivity contribution in [3.8, 4) is 0 Å². The van der Waals surface area contributed by atoms with Gasteiger partial charge >= 0.3 is 0 Å². The Labute approximate surface area is 72.9 Å². The van der Waals surface area contributed by atoms with Gasteiger partial charge in [-0.1, -0.05) is 22.8 Å². The van der Waals surface area contributed by atoms with Gasteiger partial charge in [0.25, 0.3) is 0 Å². The third-order valence-electron chi connectivity index (χ3n) is 1.59. The third kappa shape index (κ3) is 0.987. The number of nitrogens with zero attached hydrogens (tertiary/aromatic N) is 1. The molecule has 0 saturated heterocycles. The fourth-order valence-electron chi connectivity index (χ4n) is 0.997. The maximum atomic E-state index is 10.4. The van der Waals surface area contributed by atoms with Crippen molar-refractivity contribution < 1.29 is 9.32 Å². The molecule has 1 heterocycles. The lowest BCUT2D eigenvalue weighted by Crippen LogP contribution is -1.76. The van der Waals surface area contributed by atoms with Gasteiger partial charge in [0.1, 0.15) is 6.29 Å². The Morgan fingerprint density at radius 1 is 1.50 bits per heavy atom. The molecular formula is C8H4ClNO2. The van der Waals surface area contributed by atoms with Crippen molar-refractivity contribution in [1.82, 2.24) is 5.16 Å². The second kappa shape index (κ2) is 2.60. The zero-order valence-electron chi connectivity index (χ0n) is 5.95. The van der Waals surface area contributed by atoms with Crippen LogP contribution in [0.15, 0.2) is 22.7 Å². The number of rotatable bonds is 1. The summed E-state index contributed by atoms with van der Waals surface area (Å²) in [4.78, 5) is 10.4. The minimum atomic E-state index is 0.322. The molecule has 1 aromatic carbocycles. The highest BCUT2D eigenvalue weighted by molar-refractivity contribution is 6.34. The van der Waals surface area contributed by atoms with Gasteiger partial charge in [0, 0.05) is 5.56 Å². The largest absolute Gasteiger partial charge is 0.355 e. The topological polar surface area (TPSA) is 43.1 Å².